The van der Waals surface area contributed by atoms with Gasteiger partial charge >= 0.3 is 10.1 Å². The Kier molecular flexibility index (Phi) is 5.04. The molecule has 0 unspecified atom stereocenters. The summed E-state index contributed by atoms with van der Waals surface area (Å²) in [6, 6.07) is 10.1. The minimum absolute atomic E-state index is 0.0421. The van der Waals surface area contributed by atoms with Crippen molar-refractivity contribution in [2.75, 3.05) is 7.11 Å². The molecule has 25 heavy (non-hydrogen) atoms. The third-order valence-corrected chi connectivity index (χ3v) is 6.04. The molecule has 3 aromatic rings. The molecule has 0 spiro atoms. The molecule has 3 rings (SSSR count). The van der Waals surface area contributed by atoms with Gasteiger partial charge in [-0.3, -0.25) is 4.98 Å². The fraction of sp³-hybridized carbons (Fsp3) is 0.118. The Balaban J connectivity index is 2.16. The van der Waals surface area contributed by atoms with E-state index in [1.54, 1.807) is 30.5 Å². The van der Waals surface area contributed by atoms with Crippen LogP contribution in [0.25, 0.3) is 10.9 Å². The number of nitrogens with zero attached hydrogens (tertiary/aromatic N) is 1. The molecule has 0 aliphatic rings. The van der Waals surface area contributed by atoms with E-state index in [1.807, 2.05) is 13.0 Å². The topological polar surface area (TPSA) is 65.5 Å². The second-order valence-corrected chi connectivity index (χ2v) is 8.48. The van der Waals surface area contributed by atoms with E-state index in [4.69, 9.17) is 8.92 Å². The average molecular weight is 487 g/mol. The zero-order valence-electron chi connectivity index (χ0n) is 13.3. The van der Waals surface area contributed by atoms with Crippen LogP contribution in [0, 0.1) is 6.92 Å². The predicted octanol–water partition coefficient (Wildman–Crippen LogP) is 4.84. The molecule has 8 heteroatoms. The Hall–Kier alpha value is -1.64. The summed E-state index contributed by atoms with van der Waals surface area (Å²) in [6.07, 6.45) is 1.58. The van der Waals surface area contributed by atoms with Crippen LogP contribution in [-0.4, -0.2) is 20.5 Å². The van der Waals surface area contributed by atoms with Gasteiger partial charge in [-0.25, -0.2) is 0 Å². The van der Waals surface area contributed by atoms with Crippen LogP contribution in [0.4, 0.5) is 0 Å². The standard InChI is InChI=1S/C17H13Br2NO4S/c1-10-5-6-15(14(8-10)23-2)25(21,22)24-17-13(19)9-12(18)11-4-3-7-20-16(11)17/h3-9H,1-2H3. The summed E-state index contributed by atoms with van der Waals surface area (Å²) in [5.41, 5.74) is 1.31. The number of pyridine rings is 1. The van der Waals surface area contributed by atoms with E-state index in [1.165, 1.54) is 13.2 Å². The van der Waals surface area contributed by atoms with Crippen LogP contribution in [0.2, 0.25) is 0 Å². The molecule has 1 heterocycles. The molecule has 2 aromatic carbocycles. The van der Waals surface area contributed by atoms with Crippen molar-refractivity contribution in [1.29, 1.82) is 0 Å². The Morgan fingerprint density at radius 1 is 1.08 bits per heavy atom. The largest absolute Gasteiger partial charge is 0.495 e. The van der Waals surface area contributed by atoms with Gasteiger partial charge in [0.15, 0.2) is 5.75 Å². The molecule has 0 atom stereocenters. The van der Waals surface area contributed by atoms with Gasteiger partial charge in [0.1, 0.15) is 16.2 Å². The lowest BCUT2D eigenvalue weighted by Crippen LogP contribution is -2.12. The van der Waals surface area contributed by atoms with Crippen molar-refractivity contribution in [3.8, 4) is 11.5 Å². The van der Waals surface area contributed by atoms with E-state index < -0.39 is 10.1 Å². The monoisotopic (exact) mass is 485 g/mol. The summed E-state index contributed by atoms with van der Waals surface area (Å²) in [6.45, 7) is 1.85. The maximum Gasteiger partial charge on any atom is 0.343 e. The van der Waals surface area contributed by atoms with Crippen LogP contribution in [0.3, 0.4) is 0 Å². The minimum Gasteiger partial charge on any atom is -0.495 e. The summed E-state index contributed by atoms with van der Waals surface area (Å²) < 4.78 is 37.5. The maximum atomic E-state index is 12.8. The van der Waals surface area contributed by atoms with Gasteiger partial charge in [-0.1, -0.05) is 28.1 Å². The first-order chi connectivity index (χ1) is 11.8. The lowest BCUT2D eigenvalue weighted by Gasteiger charge is -2.14. The van der Waals surface area contributed by atoms with Crippen LogP contribution < -0.4 is 8.92 Å². The average Bonchev–Trinajstić information content (AvgIpc) is 2.58. The predicted molar refractivity (Wildman–Crippen MR) is 103 cm³/mol. The highest BCUT2D eigenvalue weighted by atomic mass is 79.9. The van der Waals surface area contributed by atoms with E-state index in [9.17, 15) is 8.42 Å². The Labute approximate surface area is 162 Å². The Morgan fingerprint density at radius 2 is 1.84 bits per heavy atom. The second-order valence-electron chi connectivity index (χ2n) is 5.26. The van der Waals surface area contributed by atoms with Gasteiger partial charge in [-0.05, 0) is 52.7 Å². The molecular formula is C17H13Br2NO4S. The highest BCUT2D eigenvalue weighted by molar-refractivity contribution is 9.11. The molecule has 0 fully saturated rings. The molecule has 0 amide bonds. The van der Waals surface area contributed by atoms with Crippen molar-refractivity contribution in [3.63, 3.8) is 0 Å². The number of hydrogen-bond acceptors (Lipinski definition) is 5. The van der Waals surface area contributed by atoms with E-state index in [0.717, 1.165) is 15.4 Å². The lowest BCUT2D eigenvalue weighted by atomic mass is 10.2. The van der Waals surface area contributed by atoms with Crippen molar-refractivity contribution >= 4 is 52.9 Å². The molecule has 5 nitrogen and oxygen atoms in total. The number of ether oxygens (including phenoxy) is 1. The first-order valence-corrected chi connectivity index (χ1v) is 10.1. The number of fused-ring (bicyclic) bond motifs is 1. The number of rotatable bonds is 4. The minimum atomic E-state index is -4.11. The molecule has 0 aliphatic heterocycles. The lowest BCUT2D eigenvalue weighted by molar-refractivity contribution is 0.398. The van der Waals surface area contributed by atoms with Gasteiger partial charge in [0.2, 0.25) is 0 Å². The summed E-state index contributed by atoms with van der Waals surface area (Å²) in [4.78, 5) is 4.21. The van der Waals surface area contributed by atoms with Gasteiger partial charge in [-0.15, -0.1) is 0 Å². The molecule has 130 valence electrons. The number of methoxy groups -OCH3 is 1. The molecule has 1 aromatic heterocycles. The number of benzene rings is 2. The number of halogens is 2. The second kappa shape index (κ2) is 6.93. The molecule has 0 saturated carbocycles. The van der Waals surface area contributed by atoms with Crippen LogP contribution >= 0.6 is 31.9 Å². The van der Waals surface area contributed by atoms with Gasteiger partial charge in [0.05, 0.1) is 11.6 Å². The third-order valence-electron chi connectivity index (χ3n) is 3.53. The van der Waals surface area contributed by atoms with Gasteiger partial charge in [0.25, 0.3) is 0 Å². The Morgan fingerprint density at radius 3 is 2.56 bits per heavy atom. The summed E-state index contributed by atoms with van der Waals surface area (Å²) in [5.74, 6) is 0.354. The molecule has 0 N–H and O–H groups in total. The van der Waals surface area contributed by atoms with E-state index in [-0.39, 0.29) is 16.4 Å². The fourth-order valence-corrected chi connectivity index (χ4v) is 4.92. The van der Waals surface area contributed by atoms with E-state index >= 15 is 0 Å². The van der Waals surface area contributed by atoms with Crippen molar-refractivity contribution < 1.29 is 17.3 Å². The zero-order chi connectivity index (χ0) is 18.2. The summed E-state index contributed by atoms with van der Waals surface area (Å²) >= 11 is 6.79. The third kappa shape index (κ3) is 3.51. The van der Waals surface area contributed by atoms with E-state index in [2.05, 4.69) is 36.8 Å². The smallest absolute Gasteiger partial charge is 0.343 e. The zero-order valence-corrected chi connectivity index (χ0v) is 17.3. The van der Waals surface area contributed by atoms with Crippen molar-refractivity contribution in [2.24, 2.45) is 0 Å². The number of hydrogen-bond donors (Lipinski definition) is 0. The molecule has 0 radical (unpaired) electrons. The van der Waals surface area contributed by atoms with Crippen LogP contribution in [0.15, 0.2) is 56.4 Å². The van der Waals surface area contributed by atoms with Crippen LogP contribution in [-0.2, 0) is 10.1 Å². The van der Waals surface area contributed by atoms with Crippen molar-refractivity contribution in [2.45, 2.75) is 11.8 Å². The first kappa shape index (κ1) is 18.2. The molecule has 0 bridgehead atoms. The Bertz CT molecular complexity index is 1070. The summed E-state index contributed by atoms with van der Waals surface area (Å²) in [7, 11) is -2.69. The van der Waals surface area contributed by atoms with E-state index in [0.29, 0.717) is 9.99 Å². The SMILES string of the molecule is COc1cc(C)ccc1S(=O)(=O)Oc1c(Br)cc(Br)c2cccnc12. The normalized spacial score (nSPS) is 11.5. The van der Waals surface area contributed by atoms with Gasteiger partial charge in [0, 0.05) is 16.1 Å². The van der Waals surface area contributed by atoms with Gasteiger partial charge in [-0.2, -0.15) is 8.42 Å². The summed E-state index contributed by atoms with van der Waals surface area (Å²) in [5, 5.41) is 0.742. The maximum absolute atomic E-state index is 12.8. The number of aryl methyl sites for hydroxylation is 1. The van der Waals surface area contributed by atoms with Crippen LogP contribution in [0.1, 0.15) is 5.56 Å². The van der Waals surface area contributed by atoms with Crippen LogP contribution in [0.5, 0.6) is 11.5 Å². The van der Waals surface area contributed by atoms with Gasteiger partial charge < -0.3 is 8.92 Å². The first-order valence-electron chi connectivity index (χ1n) is 7.15. The highest BCUT2D eigenvalue weighted by Crippen LogP contribution is 2.39. The highest BCUT2D eigenvalue weighted by Gasteiger charge is 2.25. The van der Waals surface area contributed by atoms with Crippen molar-refractivity contribution in [1.82, 2.24) is 4.98 Å². The quantitative estimate of drug-likeness (QED) is 0.493. The van der Waals surface area contributed by atoms with Crippen molar-refractivity contribution in [3.05, 3.63) is 57.1 Å². The molecule has 0 aliphatic carbocycles. The number of aromatic nitrogens is 1. The molecular weight excluding hydrogens is 474 g/mol. The fourth-order valence-electron chi connectivity index (χ4n) is 2.36. The molecule has 0 saturated heterocycles.